The van der Waals surface area contributed by atoms with E-state index in [1.54, 1.807) is 6.20 Å². The zero-order valence-electron chi connectivity index (χ0n) is 15.7. The molecular formula is C20H30ClN3O2. The molecule has 0 unspecified atom stereocenters. The predicted octanol–water partition coefficient (Wildman–Crippen LogP) is 2.97. The smallest absolute Gasteiger partial charge is 0.267 e. The van der Waals surface area contributed by atoms with Crippen LogP contribution in [0, 0.1) is 17.8 Å². The number of aromatic nitrogens is 1. The van der Waals surface area contributed by atoms with Gasteiger partial charge < -0.3 is 10.5 Å². The summed E-state index contributed by atoms with van der Waals surface area (Å²) in [6.45, 7) is 4.54. The Balaban J connectivity index is 0.00000196. The van der Waals surface area contributed by atoms with Gasteiger partial charge in [0.25, 0.3) is 5.91 Å². The number of nitrogens with two attached hydrogens (primary N) is 1. The number of amides is 1. The minimum atomic E-state index is -0.473. The lowest BCUT2D eigenvalue weighted by Crippen LogP contribution is -2.62. The van der Waals surface area contributed by atoms with Crippen molar-refractivity contribution in [3.63, 3.8) is 0 Å². The molecule has 2 heterocycles. The van der Waals surface area contributed by atoms with E-state index >= 15 is 0 Å². The van der Waals surface area contributed by atoms with Gasteiger partial charge in [0.15, 0.2) is 0 Å². The van der Waals surface area contributed by atoms with Crippen molar-refractivity contribution in [3.8, 4) is 0 Å². The van der Waals surface area contributed by atoms with Crippen LogP contribution in [0.2, 0.25) is 0 Å². The molecule has 6 heteroatoms. The molecule has 3 aliphatic rings. The van der Waals surface area contributed by atoms with Gasteiger partial charge in [-0.15, -0.1) is 12.4 Å². The molecule has 0 radical (unpaired) electrons. The minimum Gasteiger partial charge on any atom is -0.373 e. The summed E-state index contributed by atoms with van der Waals surface area (Å²) in [5.74, 6) is 1.32. The molecular weight excluding hydrogens is 350 g/mol. The van der Waals surface area contributed by atoms with Gasteiger partial charge in [0.1, 0.15) is 11.3 Å². The third-order valence-corrected chi connectivity index (χ3v) is 6.89. The van der Waals surface area contributed by atoms with Crippen molar-refractivity contribution in [2.45, 2.75) is 50.7 Å². The number of fused-ring (bicyclic) bond motifs is 2. The molecule has 144 valence electrons. The molecule has 0 spiro atoms. The van der Waals surface area contributed by atoms with Crippen LogP contribution >= 0.6 is 12.4 Å². The van der Waals surface area contributed by atoms with Gasteiger partial charge in [-0.3, -0.25) is 14.7 Å². The first-order valence-electron chi connectivity index (χ1n) is 9.60. The van der Waals surface area contributed by atoms with Crippen molar-refractivity contribution < 1.29 is 9.53 Å². The van der Waals surface area contributed by atoms with Crippen LogP contribution in [0.25, 0.3) is 0 Å². The Morgan fingerprint density at radius 3 is 2.50 bits per heavy atom. The van der Waals surface area contributed by atoms with Crippen LogP contribution in [-0.2, 0) is 10.3 Å². The number of carbonyl (C=O) groups excluding carboxylic acids is 1. The number of piperidine rings is 1. The highest BCUT2D eigenvalue weighted by atomic mass is 35.5. The molecule has 1 saturated heterocycles. The molecule has 2 bridgehead atoms. The van der Waals surface area contributed by atoms with E-state index in [1.807, 2.05) is 19.2 Å². The second-order valence-electron chi connectivity index (χ2n) is 8.30. The Kier molecular flexibility index (Phi) is 5.61. The van der Waals surface area contributed by atoms with Gasteiger partial charge in [0, 0.05) is 44.3 Å². The van der Waals surface area contributed by atoms with Crippen LogP contribution in [0.5, 0.6) is 0 Å². The van der Waals surface area contributed by atoms with Crippen molar-refractivity contribution in [2.24, 2.45) is 23.5 Å². The molecule has 2 saturated carbocycles. The Hall–Kier alpha value is -1.17. The number of halogens is 1. The number of primary amides is 1. The summed E-state index contributed by atoms with van der Waals surface area (Å²) in [6.07, 6.45) is 7.99. The summed E-state index contributed by atoms with van der Waals surface area (Å²) in [5, 5.41) is 0. The number of ether oxygens (including phenoxy) is 1. The van der Waals surface area contributed by atoms with Gasteiger partial charge in [-0.2, -0.15) is 0 Å². The maximum absolute atomic E-state index is 11.6. The fourth-order valence-electron chi connectivity index (χ4n) is 5.65. The lowest BCUT2D eigenvalue weighted by atomic mass is 9.61. The first-order valence-corrected chi connectivity index (χ1v) is 9.60. The zero-order chi connectivity index (χ0) is 17.6. The molecule has 2 aliphatic carbocycles. The highest BCUT2D eigenvalue weighted by Gasteiger charge is 2.54. The van der Waals surface area contributed by atoms with E-state index < -0.39 is 5.91 Å². The molecule has 1 aliphatic heterocycles. The van der Waals surface area contributed by atoms with Gasteiger partial charge in [-0.05, 0) is 49.3 Å². The topological polar surface area (TPSA) is 68.5 Å². The highest BCUT2D eigenvalue weighted by molar-refractivity contribution is 5.90. The minimum absolute atomic E-state index is 0. The van der Waals surface area contributed by atoms with Crippen molar-refractivity contribution in [3.05, 3.63) is 29.6 Å². The number of hydrogen-bond donors (Lipinski definition) is 1. The quantitative estimate of drug-likeness (QED) is 0.873. The fourth-order valence-corrected chi connectivity index (χ4v) is 5.65. The van der Waals surface area contributed by atoms with E-state index in [1.165, 1.54) is 32.1 Å². The largest absolute Gasteiger partial charge is 0.373 e. The van der Waals surface area contributed by atoms with Crippen LogP contribution in [0.15, 0.2) is 18.3 Å². The number of nitrogens with zero attached hydrogens (tertiary/aromatic N) is 2. The van der Waals surface area contributed by atoms with Gasteiger partial charge in [-0.25, -0.2) is 0 Å². The maximum Gasteiger partial charge on any atom is 0.267 e. The molecule has 3 fully saturated rings. The van der Waals surface area contributed by atoms with Gasteiger partial charge >= 0.3 is 0 Å². The third kappa shape index (κ3) is 3.04. The van der Waals surface area contributed by atoms with E-state index in [2.05, 4.69) is 16.8 Å². The lowest BCUT2D eigenvalue weighted by Gasteiger charge is -2.58. The van der Waals surface area contributed by atoms with Crippen LogP contribution in [0.1, 0.15) is 55.1 Å². The van der Waals surface area contributed by atoms with Crippen molar-refractivity contribution in [1.82, 2.24) is 9.88 Å². The normalized spacial score (nSPS) is 36.7. The van der Waals surface area contributed by atoms with Crippen LogP contribution < -0.4 is 5.73 Å². The molecule has 26 heavy (non-hydrogen) atoms. The standard InChI is InChI=1S/C20H29N3O2.ClH/c1-13-8-17(9-13)23-11-15-4-3-5-16(12-23)20(15,25-2)14-6-7-22-18(10-14)19(21)24;/h6-7,10,13,15-17H,3-5,8-9,11-12H2,1-2H3,(H2,21,24);1H/t13?,15-,16+,17?,20-;. The molecule has 2 N–H and O–H groups in total. The van der Waals surface area contributed by atoms with E-state index in [4.69, 9.17) is 10.5 Å². The average molecular weight is 380 g/mol. The van der Waals surface area contributed by atoms with Crippen LogP contribution in [-0.4, -0.2) is 42.0 Å². The average Bonchev–Trinajstić information content (AvgIpc) is 2.57. The third-order valence-electron chi connectivity index (χ3n) is 6.89. The molecule has 3 atom stereocenters. The lowest BCUT2D eigenvalue weighted by molar-refractivity contribution is -0.179. The number of carbonyl (C=O) groups is 1. The maximum atomic E-state index is 11.6. The van der Waals surface area contributed by atoms with Crippen LogP contribution in [0.4, 0.5) is 0 Å². The van der Waals surface area contributed by atoms with Crippen molar-refractivity contribution in [2.75, 3.05) is 20.2 Å². The Labute approximate surface area is 162 Å². The number of pyridine rings is 1. The van der Waals surface area contributed by atoms with E-state index in [0.29, 0.717) is 17.5 Å². The Morgan fingerprint density at radius 2 is 1.96 bits per heavy atom. The van der Waals surface area contributed by atoms with Gasteiger partial charge in [-0.1, -0.05) is 13.3 Å². The van der Waals surface area contributed by atoms with E-state index in [0.717, 1.165) is 30.6 Å². The summed E-state index contributed by atoms with van der Waals surface area (Å²) in [4.78, 5) is 18.4. The van der Waals surface area contributed by atoms with Gasteiger partial charge in [0.2, 0.25) is 0 Å². The molecule has 4 rings (SSSR count). The Bertz CT molecular complexity index is 648. The summed E-state index contributed by atoms with van der Waals surface area (Å²) < 4.78 is 6.26. The SMILES string of the molecule is CO[C@]1(c2ccnc(C(N)=O)c2)[C@@H]2CCC[C@H]1CN(C1CC(C)C1)C2.Cl. The first kappa shape index (κ1) is 19.6. The van der Waals surface area contributed by atoms with Crippen LogP contribution in [0.3, 0.4) is 0 Å². The van der Waals surface area contributed by atoms with E-state index in [-0.39, 0.29) is 18.0 Å². The second-order valence-corrected chi connectivity index (χ2v) is 8.30. The summed E-state index contributed by atoms with van der Waals surface area (Å²) in [6, 6.07) is 4.63. The fraction of sp³-hybridized carbons (Fsp3) is 0.700. The molecule has 1 aromatic heterocycles. The van der Waals surface area contributed by atoms with Gasteiger partial charge in [0.05, 0.1) is 0 Å². The monoisotopic (exact) mass is 379 g/mol. The summed E-state index contributed by atoms with van der Waals surface area (Å²) in [7, 11) is 1.83. The Morgan fingerprint density at radius 1 is 1.31 bits per heavy atom. The molecule has 0 aromatic carbocycles. The number of hydrogen-bond acceptors (Lipinski definition) is 4. The van der Waals surface area contributed by atoms with Crippen molar-refractivity contribution in [1.29, 1.82) is 0 Å². The van der Waals surface area contributed by atoms with Crippen molar-refractivity contribution >= 4 is 18.3 Å². The number of rotatable bonds is 4. The van der Waals surface area contributed by atoms with E-state index in [9.17, 15) is 4.79 Å². The number of methoxy groups -OCH3 is 1. The second kappa shape index (κ2) is 7.45. The predicted molar refractivity (Wildman–Crippen MR) is 103 cm³/mol. The number of likely N-dealkylation sites (tertiary alicyclic amines) is 1. The summed E-state index contributed by atoms with van der Waals surface area (Å²) in [5.41, 5.74) is 6.57. The highest BCUT2D eigenvalue weighted by Crippen LogP contribution is 2.52. The molecule has 1 amide bonds. The zero-order valence-corrected chi connectivity index (χ0v) is 16.5. The first-order chi connectivity index (χ1) is 12.0. The molecule has 1 aromatic rings. The summed E-state index contributed by atoms with van der Waals surface area (Å²) >= 11 is 0. The molecule has 5 nitrogen and oxygen atoms in total.